The van der Waals surface area contributed by atoms with Gasteiger partial charge in [0.15, 0.2) is 0 Å². The number of aromatic nitrogens is 3. The Balaban J connectivity index is 2.15. The first-order valence-corrected chi connectivity index (χ1v) is 6.99. The van der Waals surface area contributed by atoms with Crippen LogP contribution in [0.25, 0.3) is 0 Å². The van der Waals surface area contributed by atoms with Gasteiger partial charge < -0.3 is 5.32 Å². The van der Waals surface area contributed by atoms with E-state index in [1.54, 1.807) is 6.20 Å². The summed E-state index contributed by atoms with van der Waals surface area (Å²) >= 11 is 1.50. The van der Waals surface area contributed by atoms with Crippen molar-refractivity contribution in [2.45, 2.75) is 32.2 Å². The van der Waals surface area contributed by atoms with Crippen LogP contribution in [0.15, 0.2) is 24.5 Å². The van der Waals surface area contributed by atoms with E-state index in [0.29, 0.717) is 0 Å². The number of hydrogen-bond donors (Lipinski definition) is 1. The molecule has 1 unspecified atom stereocenters. The normalized spacial score (nSPS) is 12.6. The van der Waals surface area contributed by atoms with E-state index in [1.165, 1.54) is 22.0 Å². The zero-order valence-corrected chi connectivity index (χ0v) is 11.6. The minimum Gasteiger partial charge on any atom is -0.312 e. The van der Waals surface area contributed by atoms with Gasteiger partial charge in [0.2, 0.25) is 0 Å². The predicted octanol–water partition coefficient (Wildman–Crippen LogP) is 2.39. The van der Waals surface area contributed by atoms with E-state index < -0.39 is 0 Å². The Labute approximate surface area is 112 Å². The third-order valence-electron chi connectivity index (χ3n) is 2.90. The van der Waals surface area contributed by atoms with Crippen LogP contribution in [0.4, 0.5) is 0 Å². The summed E-state index contributed by atoms with van der Waals surface area (Å²) in [6.07, 6.45) is 6.73. The number of likely N-dealkylation sites (N-methyl/N-ethyl adjacent to an activating group) is 1. The summed E-state index contributed by atoms with van der Waals surface area (Å²) in [6, 6.07) is 4.35. The van der Waals surface area contributed by atoms with E-state index in [4.69, 9.17) is 0 Å². The van der Waals surface area contributed by atoms with E-state index in [-0.39, 0.29) is 6.04 Å². The van der Waals surface area contributed by atoms with Crippen LogP contribution in [0.5, 0.6) is 0 Å². The Morgan fingerprint density at radius 2 is 2.33 bits per heavy atom. The van der Waals surface area contributed by atoms with Crippen molar-refractivity contribution in [2.75, 3.05) is 7.05 Å². The van der Waals surface area contributed by atoms with Crippen LogP contribution >= 0.6 is 11.5 Å². The van der Waals surface area contributed by atoms with Crippen molar-refractivity contribution >= 4 is 11.5 Å². The number of aryl methyl sites for hydroxylation is 1. The third kappa shape index (κ3) is 3.11. The molecule has 0 bridgehead atoms. The van der Waals surface area contributed by atoms with E-state index in [2.05, 4.69) is 32.9 Å². The average Bonchev–Trinajstić information content (AvgIpc) is 2.86. The van der Waals surface area contributed by atoms with Gasteiger partial charge in [0.25, 0.3) is 0 Å². The molecule has 1 atom stereocenters. The first kappa shape index (κ1) is 13.1. The Morgan fingerprint density at radius 3 is 3.00 bits per heavy atom. The van der Waals surface area contributed by atoms with Crippen LogP contribution < -0.4 is 5.32 Å². The first-order valence-electron chi connectivity index (χ1n) is 6.22. The fourth-order valence-corrected chi connectivity index (χ4v) is 2.77. The van der Waals surface area contributed by atoms with Gasteiger partial charge in [0.1, 0.15) is 0 Å². The van der Waals surface area contributed by atoms with Gasteiger partial charge in [-0.3, -0.25) is 4.98 Å². The van der Waals surface area contributed by atoms with Crippen molar-refractivity contribution < 1.29 is 0 Å². The molecule has 1 N–H and O–H groups in total. The molecule has 0 aromatic carbocycles. The zero-order valence-electron chi connectivity index (χ0n) is 10.8. The Bertz CT molecular complexity index is 469. The second-order valence-corrected chi connectivity index (χ2v) is 5.03. The highest BCUT2D eigenvalue weighted by Crippen LogP contribution is 2.24. The van der Waals surface area contributed by atoms with E-state index in [1.807, 2.05) is 19.3 Å². The van der Waals surface area contributed by atoms with E-state index >= 15 is 0 Å². The zero-order chi connectivity index (χ0) is 12.8. The number of pyridine rings is 1. The minimum atomic E-state index is 0.274. The fraction of sp³-hybridized carbons (Fsp3) is 0.462. The molecule has 0 spiro atoms. The van der Waals surface area contributed by atoms with Crippen LogP contribution in [0.3, 0.4) is 0 Å². The molecule has 0 aliphatic heterocycles. The highest BCUT2D eigenvalue weighted by Gasteiger charge is 2.17. The standard InChI is InChI=1S/C13H18N4S/c1-3-5-11-13(18-17-16-11)12(14-2)8-10-6-4-7-15-9-10/h4,6-7,9,12,14H,3,5,8H2,1-2H3. The molecule has 2 heterocycles. The Morgan fingerprint density at radius 1 is 1.44 bits per heavy atom. The molecule has 0 aliphatic carbocycles. The van der Waals surface area contributed by atoms with Crippen LogP contribution in [0, 0.1) is 0 Å². The largest absolute Gasteiger partial charge is 0.312 e. The molecule has 0 amide bonds. The van der Waals surface area contributed by atoms with Crippen LogP contribution in [-0.2, 0) is 12.8 Å². The molecule has 96 valence electrons. The predicted molar refractivity (Wildman–Crippen MR) is 73.6 cm³/mol. The maximum Gasteiger partial charge on any atom is 0.0803 e. The van der Waals surface area contributed by atoms with Gasteiger partial charge in [0, 0.05) is 18.4 Å². The van der Waals surface area contributed by atoms with Crippen molar-refractivity contribution in [1.82, 2.24) is 19.9 Å². The maximum atomic E-state index is 4.23. The molecule has 4 nitrogen and oxygen atoms in total. The topological polar surface area (TPSA) is 50.7 Å². The molecule has 0 saturated heterocycles. The SMILES string of the molecule is CCCc1nnsc1C(Cc1cccnc1)NC. The monoisotopic (exact) mass is 262 g/mol. The van der Waals surface area contributed by atoms with Crippen molar-refractivity contribution in [3.63, 3.8) is 0 Å². The third-order valence-corrected chi connectivity index (χ3v) is 3.78. The highest BCUT2D eigenvalue weighted by atomic mass is 32.1. The van der Waals surface area contributed by atoms with Crippen molar-refractivity contribution in [1.29, 1.82) is 0 Å². The minimum absolute atomic E-state index is 0.274. The smallest absolute Gasteiger partial charge is 0.0803 e. The second-order valence-electron chi connectivity index (χ2n) is 4.24. The molecule has 2 aromatic heterocycles. The van der Waals surface area contributed by atoms with Gasteiger partial charge in [-0.1, -0.05) is 23.9 Å². The lowest BCUT2D eigenvalue weighted by molar-refractivity contribution is 0.592. The summed E-state index contributed by atoms with van der Waals surface area (Å²) in [4.78, 5) is 5.41. The first-order chi connectivity index (χ1) is 8.85. The van der Waals surface area contributed by atoms with Gasteiger partial charge in [-0.05, 0) is 43.1 Å². The summed E-state index contributed by atoms with van der Waals surface area (Å²) < 4.78 is 4.09. The lowest BCUT2D eigenvalue weighted by atomic mass is 10.0. The molecule has 0 radical (unpaired) electrons. The van der Waals surface area contributed by atoms with Gasteiger partial charge in [-0.15, -0.1) is 5.10 Å². The maximum absolute atomic E-state index is 4.23. The molecule has 0 saturated carbocycles. The lowest BCUT2D eigenvalue weighted by Crippen LogP contribution is -2.19. The fourth-order valence-electron chi connectivity index (χ4n) is 1.97. The highest BCUT2D eigenvalue weighted by molar-refractivity contribution is 7.05. The average molecular weight is 262 g/mol. The van der Waals surface area contributed by atoms with Crippen LogP contribution in [0.2, 0.25) is 0 Å². The Kier molecular flexibility index (Phi) is 4.78. The van der Waals surface area contributed by atoms with Crippen molar-refractivity contribution in [2.24, 2.45) is 0 Å². The Hall–Kier alpha value is -1.33. The molecule has 18 heavy (non-hydrogen) atoms. The molecular weight excluding hydrogens is 244 g/mol. The van der Waals surface area contributed by atoms with E-state index in [9.17, 15) is 0 Å². The summed E-state index contributed by atoms with van der Waals surface area (Å²) in [5, 5.41) is 7.58. The quantitative estimate of drug-likeness (QED) is 0.868. The number of rotatable bonds is 6. The second kappa shape index (κ2) is 6.56. The summed E-state index contributed by atoms with van der Waals surface area (Å²) in [7, 11) is 1.98. The molecule has 0 fully saturated rings. The van der Waals surface area contributed by atoms with Gasteiger partial charge >= 0.3 is 0 Å². The molecule has 2 rings (SSSR count). The lowest BCUT2D eigenvalue weighted by Gasteiger charge is -2.15. The van der Waals surface area contributed by atoms with Gasteiger partial charge in [-0.2, -0.15) is 0 Å². The summed E-state index contributed by atoms with van der Waals surface area (Å²) in [6.45, 7) is 2.17. The summed E-state index contributed by atoms with van der Waals surface area (Å²) in [5.41, 5.74) is 2.36. The van der Waals surface area contributed by atoms with Crippen LogP contribution in [-0.4, -0.2) is 21.6 Å². The van der Waals surface area contributed by atoms with Crippen molar-refractivity contribution in [3.05, 3.63) is 40.7 Å². The molecule has 0 aliphatic rings. The van der Waals surface area contributed by atoms with E-state index in [0.717, 1.165) is 25.0 Å². The number of nitrogens with one attached hydrogen (secondary N) is 1. The molecule has 2 aromatic rings. The number of nitrogens with zero attached hydrogens (tertiary/aromatic N) is 3. The van der Waals surface area contributed by atoms with Gasteiger partial charge in [0.05, 0.1) is 10.6 Å². The molecular formula is C13H18N4S. The van der Waals surface area contributed by atoms with Crippen LogP contribution in [0.1, 0.15) is 35.5 Å². The van der Waals surface area contributed by atoms with Crippen molar-refractivity contribution in [3.8, 4) is 0 Å². The number of hydrogen-bond acceptors (Lipinski definition) is 5. The molecule has 5 heteroatoms. The summed E-state index contributed by atoms with van der Waals surface area (Å²) in [5.74, 6) is 0. The van der Waals surface area contributed by atoms with Gasteiger partial charge in [-0.25, -0.2) is 0 Å².